The van der Waals surface area contributed by atoms with E-state index < -0.39 is 12.1 Å². The van der Waals surface area contributed by atoms with Crippen molar-refractivity contribution in [1.82, 2.24) is 10.2 Å². The van der Waals surface area contributed by atoms with Gasteiger partial charge in [0.15, 0.2) is 0 Å². The third-order valence-electron chi connectivity index (χ3n) is 6.93. The van der Waals surface area contributed by atoms with Gasteiger partial charge in [0.25, 0.3) is 0 Å². The average molecular weight is 420 g/mol. The van der Waals surface area contributed by atoms with Crippen molar-refractivity contribution < 1.29 is 9.59 Å². The van der Waals surface area contributed by atoms with Crippen molar-refractivity contribution in [3.05, 3.63) is 70.1 Å². The number of carbonyl (C=O) groups excluding carboxylic acids is 2. The number of hydrogen-bond acceptors (Lipinski definition) is 4. The van der Waals surface area contributed by atoms with Gasteiger partial charge < -0.3 is 10.2 Å². The Morgan fingerprint density at radius 2 is 1.61 bits per heavy atom. The number of fused-ring (bicyclic) bond motifs is 1. The highest BCUT2D eigenvalue weighted by Crippen LogP contribution is 2.34. The summed E-state index contributed by atoms with van der Waals surface area (Å²) >= 11 is 0. The fourth-order valence-corrected chi connectivity index (χ4v) is 5.20. The van der Waals surface area contributed by atoms with E-state index in [1.54, 1.807) is 23.1 Å². The summed E-state index contributed by atoms with van der Waals surface area (Å²) in [6.07, 6.45) is 3.16. The molecule has 6 heteroatoms. The summed E-state index contributed by atoms with van der Waals surface area (Å²) in [6, 6.07) is 14.2. The topological polar surface area (TPSA) is 78.8 Å². The zero-order valence-corrected chi connectivity index (χ0v) is 18.1. The van der Waals surface area contributed by atoms with Crippen LogP contribution >= 0.6 is 0 Å². The summed E-state index contributed by atoms with van der Waals surface area (Å²) in [7, 11) is 0. The van der Waals surface area contributed by atoms with Gasteiger partial charge in [-0.05, 0) is 47.0 Å². The summed E-state index contributed by atoms with van der Waals surface area (Å²) in [6.45, 7) is 4.31. The minimum absolute atomic E-state index is 0.0402. The highest BCUT2D eigenvalue weighted by Gasteiger charge is 2.47. The maximum absolute atomic E-state index is 13.8. The van der Waals surface area contributed by atoms with E-state index in [0.717, 1.165) is 25.7 Å². The van der Waals surface area contributed by atoms with Gasteiger partial charge in [-0.1, -0.05) is 69.2 Å². The van der Waals surface area contributed by atoms with Crippen LogP contribution in [-0.4, -0.2) is 28.8 Å². The third-order valence-corrected chi connectivity index (χ3v) is 6.93. The van der Waals surface area contributed by atoms with Crippen LogP contribution in [0.1, 0.15) is 43.4 Å². The van der Waals surface area contributed by atoms with Crippen LogP contribution in [0.4, 0.5) is 5.69 Å². The van der Waals surface area contributed by atoms with E-state index >= 15 is 0 Å². The SMILES string of the molecule is CCC(CC)[C@@H]1C(=O)N[C@H](C2Cc3ccccc3C2)C(=O)N1Cc1ccccc1N=O. The molecule has 31 heavy (non-hydrogen) atoms. The number of amides is 2. The molecule has 2 atom stereocenters. The second-order valence-corrected chi connectivity index (χ2v) is 8.63. The highest BCUT2D eigenvalue weighted by atomic mass is 16.3. The van der Waals surface area contributed by atoms with Gasteiger partial charge in [-0.25, -0.2) is 0 Å². The van der Waals surface area contributed by atoms with Crippen LogP contribution in [0.15, 0.2) is 53.7 Å². The van der Waals surface area contributed by atoms with Crippen LogP contribution in [0.2, 0.25) is 0 Å². The third kappa shape index (κ3) is 3.99. The fourth-order valence-electron chi connectivity index (χ4n) is 5.20. The number of piperazine rings is 1. The lowest BCUT2D eigenvalue weighted by Gasteiger charge is -2.43. The Morgan fingerprint density at radius 3 is 2.23 bits per heavy atom. The normalized spacial score (nSPS) is 21.3. The minimum Gasteiger partial charge on any atom is -0.342 e. The van der Waals surface area contributed by atoms with Crippen molar-refractivity contribution in [1.29, 1.82) is 0 Å². The fraction of sp³-hybridized carbons (Fsp3) is 0.440. The number of nitrogens with zero attached hydrogens (tertiary/aromatic N) is 2. The molecule has 1 heterocycles. The van der Waals surface area contributed by atoms with Crippen LogP contribution < -0.4 is 5.32 Å². The number of rotatable bonds is 7. The second-order valence-electron chi connectivity index (χ2n) is 8.63. The Balaban J connectivity index is 1.66. The van der Waals surface area contributed by atoms with Crippen molar-refractivity contribution in [3.63, 3.8) is 0 Å². The molecule has 0 unspecified atom stereocenters. The molecule has 2 aromatic carbocycles. The van der Waals surface area contributed by atoms with Crippen molar-refractivity contribution >= 4 is 17.5 Å². The van der Waals surface area contributed by atoms with Crippen molar-refractivity contribution in [2.45, 2.75) is 58.2 Å². The average Bonchev–Trinajstić information content (AvgIpc) is 3.22. The molecule has 1 N–H and O–H groups in total. The predicted molar refractivity (Wildman–Crippen MR) is 120 cm³/mol. The summed E-state index contributed by atoms with van der Waals surface area (Å²) < 4.78 is 0. The first-order chi connectivity index (χ1) is 15.1. The maximum Gasteiger partial charge on any atom is 0.246 e. The zero-order chi connectivity index (χ0) is 22.0. The first kappa shape index (κ1) is 21.2. The Kier molecular flexibility index (Phi) is 6.16. The van der Waals surface area contributed by atoms with E-state index in [2.05, 4.69) is 22.6 Å². The molecular formula is C25H29N3O3. The van der Waals surface area contributed by atoms with E-state index in [1.807, 2.05) is 32.0 Å². The largest absolute Gasteiger partial charge is 0.342 e. The summed E-state index contributed by atoms with van der Waals surface area (Å²) in [4.78, 5) is 40.1. The molecule has 6 nitrogen and oxygen atoms in total. The molecular weight excluding hydrogens is 390 g/mol. The quantitative estimate of drug-likeness (QED) is 0.686. The van der Waals surface area contributed by atoms with Crippen molar-refractivity contribution in [3.8, 4) is 0 Å². The van der Waals surface area contributed by atoms with Gasteiger partial charge in [-0.15, -0.1) is 4.91 Å². The van der Waals surface area contributed by atoms with Crippen molar-refractivity contribution in [2.75, 3.05) is 0 Å². The molecule has 0 bridgehead atoms. The Bertz CT molecular complexity index is 960. The lowest BCUT2D eigenvalue weighted by Crippen LogP contribution is -2.66. The van der Waals surface area contributed by atoms with E-state index in [-0.39, 0.29) is 30.2 Å². The number of nitroso groups, excluding NO2 is 1. The van der Waals surface area contributed by atoms with E-state index in [0.29, 0.717) is 11.3 Å². The van der Waals surface area contributed by atoms with Gasteiger partial charge in [0.2, 0.25) is 11.8 Å². The van der Waals surface area contributed by atoms with Crippen LogP contribution in [0.5, 0.6) is 0 Å². The molecule has 4 rings (SSSR count). The van der Waals surface area contributed by atoms with E-state index in [1.165, 1.54) is 11.1 Å². The summed E-state index contributed by atoms with van der Waals surface area (Å²) in [5, 5.41) is 6.20. The predicted octanol–water partition coefficient (Wildman–Crippen LogP) is 4.13. The standard InChI is InChI=1S/C25H29N3O3/c1-3-16(4-2)23-24(29)26-22(20-13-17-9-5-6-10-18(17)14-20)25(30)28(23)15-19-11-7-8-12-21(19)27-31/h5-12,16,20,22-23H,3-4,13-15H2,1-2H3,(H,26,29)/t22-,23-/m1/s1. The number of nitrogens with one attached hydrogen (secondary N) is 1. The monoisotopic (exact) mass is 419 g/mol. The number of carbonyl (C=O) groups is 2. The van der Waals surface area contributed by atoms with E-state index in [9.17, 15) is 14.5 Å². The Labute approximate surface area is 183 Å². The van der Waals surface area contributed by atoms with Crippen LogP contribution in [0, 0.1) is 16.7 Å². The Hall–Kier alpha value is -3.02. The second kappa shape index (κ2) is 9.00. The van der Waals surface area contributed by atoms with Gasteiger partial charge in [0.05, 0.1) is 0 Å². The van der Waals surface area contributed by atoms with Crippen molar-refractivity contribution in [2.24, 2.45) is 17.0 Å². The molecule has 2 aliphatic rings. The first-order valence-corrected chi connectivity index (χ1v) is 11.2. The lowest BCUT2D eigenvalue weighted by atomic mass is 9.86. The molecule has 0 radical (unpaired) electrons. The minimum atomic E-state index is -0.554. The van der Waals surface area contributed by atoms with Crippen LogP contribution in [-0.2, 0) is 29.0 Å². The molecule has 1 aliphatic heterocycles. The molecule has 2 amide bonds. The van der Waals surface area contributed by atoms with Gasteiger partial charge in [-0.3, -0.25) is 9.59 Å². The molecule has 2 aromatic rings. The molecule has 1 fully saturated rings. The maximum atomic E-state index is 13.8. The number of hydrogen-bond donors (Lipinski definition) is 1. The molecule has 0 aromatic heterocycles. The first-order valence-electron chi connectivity index (χ1n) is 11.2. The Morgan fingerprint density at radius 1 is 1.00 bits per heavy atom. The van der Waals surface area contributed by atoms with Gasteiger partial charge >= 0.3 is 0 Å². The molecule has 0 saturated carbocycles. The lowest BCUT2D eigenvalue weighted by molar-refractivity contribution is -0.154. The smallest absolute Gasteiger partial charge is 0.246 e. The zero-order valence-electron chi connectivity index (χ0n) is 18.1. The van der Waals surface area contributed by atoms with Crippen LogP contribution in [0.3, 0.4) is 0 Å². The van der Waals surface area contributed by atoms with Gasteiger partial charge in [0.1, 0.15) is 17.8 Å². The van der Waals surface area contributed by atoms with Crippen LogP contribution in [0.25, 0.3) is 0 Å². The number of benzene rings is 2. The summed E-state index contributed by atoms with van der Waals surface area (Å²) in [5.41, 5.74) is 3.48. The molecule has 162 valence electrons. The van der Waals surface area contributed by atoms with E-state index in [4.69, 9.17) is 0 Å². The molecule has 0 spiro atoms. The van der Waals surface area contributed by atoms with Gasteiger partial charge in [0, 0.05) is 12.1 Å². The van der Waals surface area contributed by atoms with Gasteiger partial charge in [-0.2, -0.15) is 0 Å². The molecule has 1 saturated heterocycles. The molecule has 1 aliphatic carbocycles. The highest BCUT2D eigenvalue weighted by molar-refractivity contribution is 5.97. The summed E-state index contributed by atoms with van der Waals surface area (Å²) in [5.74, 6) is -0.0544.